The number of halogens is 1. The summed E-state index contributed by atoms with van der Waals surface area (Å²) in [6.45, 7) is 4.77. The third kappa shape index (κ3) is 5.34. The van der Waals surface area contributed by atoms with Crippen molar-refractivity contribution in [3.8, 4) is 5.75 Å². The molecule has 3 aromatic rings. The fraction of sp³-hybridized carbons (Fsp3) is 0.318. The number of fused-ring (bicyclic) bond motifs is 1. The lowest BCUT2D eigenvalue weighted by molar-refractivity contribution is -0.113. The first-order valence-electron chi connectivity index (χ1n) is 9.64. The minimum absolute atomic E-state index is 0.0827. The van der Waals surface area contributed by atoms with Crippen LogP contribution in [0.1, 0.15) is 20.3 Å². The molecule has 0 bridgehead atoms. The number of hydrogen-bond donors (Lipinski definition) is 1. The molecule has 0 saturated heterocycles. The third-order valence-corrected chi connectivity index (χ3v) is 5.74. The minimum Gasteiger partial charge on any atom is -0.495 e. The number of methoxy groups -OCH3 is 1. The van der Waals surface area contributed by atoms with Gasteiger partial charge in [-0.3, -0.25) is 14.2 Å². The van der Waals surface area contributed by atoms with Crippen molar-refractivity contribution in [3.63, 3.8) is 0 Å². The molecule has 6 nitrogen and oxygen atoms in total. The number of aromatic nitrogens is 2. The Morgan fingerprint density at radius 3 is 2.77 bits per heavy atom. The Kier molecular flexibility index (Phi) is 7.39. The highest BCUT2D eigenvalue weighted by atomic mass is 35.5. The maximum Gasteiger partial charge on any atom is 0.262 e. The molecule has 0 radical (unpaired) electrons. The Balaban J connectivity index is 1.82. The van der Waals surface area contributed by atoms with Crippen LogP contribution in [0, 0.1) is 5.92 Å². The Morgan fingerprint density at radius 2 is 2.03 bits per heavy atom. The van der Waals surface area contributed by atoms with E-state index >= 15 is 0 Å². The summed E-state index contributed by atoms with van der Waals surface area (Å²) in [7, 11) is 1.53. The maximum atomic E-state index is 13.0. The van der Waals surface area contributed by atoms with E-state index in [0.717, 1.165) is 6.42 Å². The van der Waals surface area contributed by atoms with E-state index < -0.39 is 0 Å². The van der Waals surface area contributed by atoms with Gasteiger partial charge < -0.3 is 10.1 Å². The van der Waals surface area contributed by atoms with E-state index in [0.29, 0.717) is 45.0 Å². The van der Waals surface area contributed by atoms with Crippen LogP contribution in [0.5, 0.6) is 5.75 Å². The molecule has 0 fully saturated rings. The van der Waals surface area contributed by atoms with Gasteiger partial charge in [-0.1, -0.05) is 49.3 Å². The van der Waals surface area contributed by atoms with Crippen molar-refractivity contribution in [1.82, 2.24) is 9.55 Å². The van der Waals surface area contributed by atoms with Crippen molar-refractivity contribution in [3.05, 3.63) is 57.8 Å². The maximum absolute atomic E-state index is 13.0. The van der Waals surface area contributed by atoms with Gasteiger partial charge in [-0.2, -0.15) is 0 Å². The molecular formula is C22H24ClN3O3S. The highest BCUT2D eigenvalue weighted by molar-refractivity contribution is 7.99. The summed E-state index contributed by atoms with van der Waals surface area (Å²) in [5.41, 5.74) is 1.04. The zero-order chi connectivity index (χ0) is 21.7. The second-order valence-corrected chi connectivity index (χ2v) is 8.61. The molecule has 3 rings (SSSR count). The normalized spacial score (nSPS) is 11.1. The van der Waals surface area contributed by atoms with Gasteiger partial charge in [0.25, 0.3) is 5.56 Å². The fourth-order valence-electron chi connectivity index (χ4n) is 2.94. The molecule has 8 heteroatoms. The SMILES string of the molecule is COc1ccc(Cl)cc1NC(=O)CSc1nc2ccccc2c(=O)n1CCC(C)C. The van der Waals surface area contributed by atoms with Gasteiger partial charge in [-0.15, -0.1) is 0 Å². The number of benzene rings is 2. The lowest BCUT2D eigenvalue weighted by atomic mass is 10.1. The van der Waals surface area contributed by atoms with Gasteiger partial charge in [-0.05, 0) is 42.7 Å². The lowest BCUT2D eigenvalue weighted by Crippen LogP contribution is -2.25. The van der Waals surface area contributed by atoms with Gasteiger partial charge >= 0.3 is 0 Å². The van der Waals surface area contributed by atoms with E-state index in [1.54, 1.807) is 28.8 Å². The molecule has 1 heterocycles. The van der Waals surface area contributed by atoms with E-state index in [1.165, 1.54) is 18.9 Å². The number of anilines is 1. The number of nitrogens with zero attached hydrogens (tertiary/aromatic N) is 2. The van der Waals surface area contributed by atoms with Gasteiger partial charge in [0.05, 0.1) is 29.5 Å². The molecule has 0 aliphatic carbocycles. The Bertz CT molecular complexity index is 1110. The summed E-state index contributed by atoms with van der Waals surface area (Å²) >= 11 is 7.26. The number of amides is 1. The molecule has 0 saturated carbocycles. The second kappa shape index (κ2) is 10.00. The number of thioether (sulfide) groups is 1. The van der Waals surface area contributed by atoms with E-state index in [1.807, 2.05) is 18.2 Å². The molecule has 158 valence electrons. The van der Waals surface area contributed by atoms with Crippen molar-refractivity contribution >= 4 is 45.9 Å². The van der Waals surface area contributed by atoms with Crippen LogP contribution >= 0.6 is 23.4 Å². The van der Waals surface area contributed by atoms with Crippen LogP contribution < -0.4 is 15.6 Å². The van der Waals surface area contributed by atoms with Crippen LogP contribution in [0.2, 0.25) is 5.02 Å². The molecule has 1 N–H and O–H groups in total. The first-order valence-corrected chi connectivity index (χ1v) is 11.0. The molecule has 1 amide bonds. The number of nitrogens with one attached hydrogen (secondary N) is 1. The highest BCUT2D eigenvalue weighted by Gasteiger charge is 2.15. The third-order valence-electron chi connectivity index (χ3n) is 4.52. The molecule has 30 heavy (non-hydrogen) atoms. The largest absolute Gasteiger partial charge is 0.495 e. The smallest absolute Gasteiger partial charge is 0.262 e. The summed E-state index contributed by atoms with van der Waals surface area (Å²) in [4.78, 5) is 30.2. The van der Waals surface area contributed by atoms with Crippen LogP contribution in [0.3, 0.4) is 0 Å². The fourth-order valence-corrected chi connectivity index (χ4v) is 3.93. The predicted molar refractivity (Wildman–Crippen MR) is 123 cm³/mol. The van der Waals surface area contributed by atoms with Crippen LogP contribution in [-0.2, 0) is 11.3 Å². The molecule has 2 aromatic carbocycles. The zero-order valence-corrected chi connectivity index (χ0v) is 18.7. The Labute approximate surface area is 184 Å². The topological polar surface area (TPSA) is 73.2 Å². The lowest BCUT2D eigenvalue weighted by Gasteiger charge is -2.14. The van der Waals surface area contributed by atoms with E-state index in [2.05, 4.69) is 24.1 Å². The van der Waals surface area contributed by atoms with Gasteiger partial charge in [-0.25, -0.2) is 4.98 Å². The number of carbonyl (C=O) groups excluding carboxylic acids is 1. The second-order valence-electron chi connectivity index (χ2n) is 7.23. The summed E-state index contributed by atoms with van der Waals surface area (Å²) in [6, 6.07) is 12.3. The molecule has 0 aliphatic rings. The summed E-state index contributed by atoms with van der Waals surface area (Å²) in [5, 5.41) is 4.42. The quantitative estimate of drug-likeness (QED) is 0.397. The van der Waals surface area contributed by atoms with Crippen molar-refractivity contribution in [2.24, 2.45) is 5.92 Å². The number of ether oxygens (including phenoxy) is 1. The van der Waals surface area contributed by atoms with Crippen LogP contribution in [0.4, 0.5) is 5.69 Å². The summed E-state index contributed by atoms with van der Waals surface area (Å²) in [5.74, 6) is 0.830. The van der Waals surface area contributed by atoms with E-state index in [-0.39, 0.29) is 17.2 Å². The van der Waals surface area contributed by atoms with Gasteiger partial charge in [0, 0.05) is 11.6 Å². The number of para-hydroxylation sites is 1. The first-order chi connectivity index (χ1) is 14.4. The average Bonchev–Trinajstić information content (AvgIpc) is 2.72. The standard InChI is InChI=1S/C22H24ClN3O3S/c1-14(2)10-11-26-21(28)16-6-4-5-7-17(16)25-22(26)30-13-20(27)24-18-12-15(23)8-9-19(18)29-3/h4-9,12,14H,10-11,13H2,1-3H3,(H,24,27). The molecular weight excluding hydrogens is 422 g/mol. The summed E-state index contributed by atoms with van der Waals surface area (Å²) < 4.78 is 6.93. The van der Waals surface area contributed by atoms with Gasteiger partial charge in [0.1, 0.15) is 5.75 Å². The molecule has 0 aliphatic heterocycles. The monoisotopic (exact) mass is 445 g/mol. The van der Waals surface area contributed by atoms with Crippen molar-refractivity contribution in [2.75, 3.05) is 18.2 Å². The Morgan fingerprint density at radius 1 is 1.27 bits per heavy atom. The summed E-state index contributed by atoms with van der Waals surface area (Å²) in [6.07, 6.45) is 0.847. The van der Waals surface area contributed by atoms with Crippen molar-refractivity contribution in [1.29, 1.82) is 0 Å². The van der Waals surface area contributed by atoms with Crippen LogP contribution in [-0.4, -0.2) is 28.3 Å². The zero-order valence-electron chi connectivity index (χ0n) is 17.1. The van der Waals surface area contributed by atoms with Crippen LogP contribution in [0.15, 0.2) is 52.4 Å². The van der Waals surface area contributed by atoms with Crippen LogP contribution in [0.25, 0.3) is 10.9 Å². The first kappa shape index (κ1) is 22.2. The molecule has 0 unspecified atom stereocenters. The molecule has 0 spiro atoms. The van der Waals surface area contributed by atoms with Crippen molar-refractivity contribution < 1.29 is 9.53 Å². The minimum atomic E-state index is -0.238. The average molecular weight is 446 g/mol. The number of rotatable bonds is 8. The van der Waals surface area contributed by atoms with Crippen molar-refractivity contribution in [2.45, 2.75) is 32.0 Å². The number of hydrogen-bond acceptors (Lipinski definition) is 5. The van der Waals surface area contributed by atoms with Gasteiger partial charge in [0.15, 0.2) is 5.16 Å². The number of carbonyl (C=O) groups is 1. The van der Waals surface area contributed by atoms with E-state index in [4.69, 9.17) is 16.3 Å². The van der Waals surface area contributed by atoms with Gasteiger partial charge in [0.2, 0.25) is 5.91 Å². The highest BCUT2D eigenvalue weighted by Crippen LogP contribution is 2.28. The predicted octanol–water partition coefficient (Wildman–Crippen LogP) is 4.84. The van der Waals surface area contributed by atoms with E-state index in [9.17, 15) is 9.59 Å². The molecule has 0 atom stereocenters. The Hall–Kier alpha value is -2.51. The molecule has 1 aromatic heterocycles.